The fourth-order valence-electron chi connectivity index (χ4n) is 4.11. The molecule has 0 saturated carbocycles. The van der Waals surface area contributed by atoms with Crippen LogP contribution < -0.4 is 0 Å². The number of rotatable bonds is 6. The molecule has 0 fully saturated rings. The van der Waals surface area contributed by atoms with Crippen LogP contribution >= 0.6 is 0 Å². The minimum atomic E-state index is 0.150. The zero-order valence-electron chi connectivity index (χ0n) is 16.7. The zero-order valence-corrected chi connectivity index (χ0v) is 16.7. The van der Waals surface area contributed by atoms with Crippen molar-refractivity contribution in [3.8, 4) is 17.1 Å². The molecule has 26 heavy (non-hydrogen) atoms. The summed E-state index contributed by atoms with van der Waals surface area (Å²) in [5.41, 5.74) is 6.46. The number of benzene rings is 2. The molecule has 0 atom stereocenters. The lowest BCUT2D eigenvalue weighted by atomic mass is 9.77. The van der Waals surface area contributed by atoms with E-state index in [9.17, 15) is 0 Å². The molecule has 1 aromatic heterocycles. The summed E-state index contributed by atoms with van der Waals surface area (Å²) < 4.78 is 2.40. The third kappa shape index (κ3) is 3.09. The molecule has 0 N–H and O–H groups in total. The van der Waals surface area contributed by atoms with E-state index in [0.29, 0.717) is 0 Å². The van der Waals surface area contributed by atoms with Gasteiger partial charge in [-0.3, -0.25) is 4.57 Å². The maximum atomic E-state index is 4.90. The minimum absolute atomic E-state index is 0.150. The van der Waals surface area contributed by atoms with Crippen molar-refractivity contribution in [3.63, 3.8) is 0 Å². The lowest BCUT2D eigenvalue weighted by molar-refractivity contribution is 0.366. The first-order valence-corrected chi connectivity index (χ1v) is 9.77. The average Bonchev–Trinajstić information content (AvgIpc) is 3.10. The summed E-state index contributed by atoms with van der Waals surface area (Å²) in [6, 6.07) is 17.2. The van der Waals surface area contributed by atoms with E-state index in [1.165, 1.54) is 22.5 Å². The monoisotopic (exact) mass is 346 g/mol. The van der Waals surface area contributed by atoms with Crippen LogP contribution in [0.4, 0.5) is 0 Å². The Morgan fingerprint density at radius 2 is 1.54 bits per heavy atom. The van der Waals surface area contributed by atoms with Crippen molar-refractivity contribution in [3.05, 3.63) is 71.5 Å². The van der Waals surface area contributed by atoms with E-state index in [-0.39, 0.29) is 5.41 Å². The number of imidazole rings is 1. The molecular weight excluding hydrogens is 316 g/mol. The standard InChI is InChI=1S/C24H30N2/c1-6-24(7-2,8-3)22-17-25-23(20-12-10-9-11-13-20)26(22)21-15-14-18(4)16-19(21)5/h9-17H,6-8H2,1-5H3. The van der Waals surface area contributed by atoms with E-state index in [1.807, 2.05) is 0 Å². The predicted molar refractivity (Wildman–Crippen MR) is 111 cm³/mol. The van der Waals surface area contributed by atoms with Crippen LogP contribution in [-0.2, 0) is 5.41 Å². The highest BCUT2D eigenvalue weighted by molar-refractivity contribution is 5.61. The second-order valence-corrected chi connectivity index (χ2v) is 7.30. The Hall–Kier alpha value is -2.35. The molecule has 0 aliphatic rings. The van der Waals surface area contributed by atoms with E-state index in [2.05, 4.69) is 93.9 Å². The number of aryl methyl sites for hydroxylation is 2. The van der Waals surface area contributed by atoms with Gasteiger partial charge >= 0.3 is 0 Å². The fourth-order valence-corrected chi connectivity index (χ4v) is 4.11. The molecule has 2 heteroatoms. The Bertz CT molecular complexity index is 862. The van der Waals surface area contributed by atoms with Crippen molar-refractivity contribution in [2.45, 2.75) is 59.3 Å². The van der Waals surface area contributed by atoms with Gasteiger partial charge in [-0.15, -0.1) is 0 Å². The Kier molecular flexibility index (Phi) is 5.31. The van der Waals surface area contributed by atoms with Crippen molar-refractivity contribution in [2.24, 2.45) is 0 Å². The quantitative estimate of drug-likeness (QED) is 0.490. The maximum absolute atomic E-state index is 4.90. The Balaban J connectivity index is 2.32. The van der Waals surface area contributed by atoms with Gasteiger partial charge in [-0.25, -0.2) is 4.98 Å². The molecule has 0 unspecified atom stereocenters. The molecule has 0 aliphatic carbocycles. The highest BCUT2D eigenvalue weighted by Gasteiger charge is 2.32. The van der Waals surface area contributed by atoms with Gasteiger partial charge in [-0.05, 0) is 44.7 Å². The first kappa shape index (κ1) is 18.4. The van der Waals surface area contributed by atoms with Crippen LogP contribution in [0, 0.1) is 13.8 Å². The largest absolute Gasteiger partial charge is 0.296 e. The third-order valence-electron chi connectivity index (χ3n) is 5.96. The van der Waals surface area contributed by atoms with Crippen LogP contribution in [0.25, 0.3) is 17.1 Å². The molecule has 2 aromatic carbocycles. The molecule has 3 rings (SSSR count). The molecule has 3 aromatic rings. The molecule has 1 heterocycles. The third-order valence-corrected chi connectivity index (χ3v) is 5.96. The zero-order chi connectivity index (χ0) is 18.7. The SMILES string of the molecule is CCC(CC)(CC)c1cnc(-c2ccccc2)n1-c1ccc(C)cc1C. The van der Waals surface area contributed by atoms with Crippen molar-refractivity contribution in [1.82, 2.24) is 9.55 Å². The van der Waals surface area contributed by atoms with Crippen LogP contribution in [0.5, 0.6) is 0 Å². The van der Waals surface area contributed by atoms with Crippen LogP contribution in [0.3, 0.4) is 0 Å². The van der Waals surface area contributed by atoms with Gasteiger partial charge < -0.3 is 0 Å². The predicted octanol–water partition coefficient (Wildman–Crippen LogP) is 6.62. The van der Waals surface area contributed by atoms with Gasteiger partial charge in [0.25, 0.3) is 0 Å². The van der Waals surface area contributed by atoms with Crippen molar-refractivity contribution < 1.29 is 0 Å². The number of aromatic nitrogens is 2. The normalized spacial score (nSPS) is 11.7. The number of hydrogen-bond donors (Lipinski definition) is 0. The summed E-state index contributed by atoms with van der Waals surface area (Å²) in [5, 5.41) is 0. The van der Waals surface area contributed by atoms with Crippen molar-refractivity contribution in [2.75, 3.05) is 0 Å². The summed E-state index contributed by atoms with van der Waals surface area (Å²) in [5.74, 6) is 1.03. The van der Waals surface area contributed by atoms with Gasteiger partial charge in [0, 0.05) is 22.9 Å². The highest BCUT2D eigenvalue weighted by Crippen LogP contribution is 2.39. The fraction of sp³-hybridized carbons (Fsp3) is 0.375. The number of hydrogen-bond acceptors (Lipinski definition) is 1. The van der Waals surface area contributed by atoms with E-state index < -0.39 is 0 Å². The van der Waals surface area contributed by atoms with Gasteiger partial charge in [0.1, 0.15) is 5.82 Å². The molecule has 0 bridgehead atoms. The molecule has 0 radical (unpaired) electrons. The second-order valence-electron chi connectivity index (χ2n) is 7.30. The summed E-state index contributed by atoms with van der Waals surface area (Å²) in [7, 11) is 0. The second kappa shape index (κ2) is 7.49. The van der Waals surface area contributed by atoms with Gasteiger partial charge in [-0.1, -0.05) is 68.8 Å². The van der Waals surface area contributed by atoms with Crippen LogP contribution in [0.1, 0.15) is 56.9 Å². The molecule has 0 spiro atoms. The van der Waals surface area contributed by atoms with Crippen LogP contribution in [0.2, 0.25) is 0 Å². The maximum Gasteiger partial charge on any atom is 0.144 e. The van der Waals surface area contributed by atoms with E-state index in [0.717, 1.165) is 30.7 Å². The topological polar surface area (TPSA) is 17.8 Å². The van der Waals surface area contributed by atoms with Gasteiger partial charge in [0.2, 0.25) is 0 Å². The lowest BCUT2D eigenvalue weighted by Gasteiger charge is -2.32. The molecule has 136 valence electrons. The summed E-state index contributed by atoms with van der Waals surface area (Å²) in [6.07, 6.45) is 5.46. The van der Waals surface area contributed by atoms with E-state index in [4.69, 9.17) is 4.98 Å². The first-order chi connectivity index (χ1) is 12.6. The minimum Gasteiger partial charge on any atom is -0.296 e. The summed E-state index contributed by atoms with van der Waals surface area (Å²) in [4.78, 5) is 4.90. The molecule has 2 nitrogen and oxygen atoms in total. The Labute approximate surface area is 157 Å². The molecular formula is C24H30N2. The van der Waals surface area contributed by atoms with Crippen LogP contribution in [0.15, 0.2) is 54.7 Å². The van der Waals surface area contributed by atoms with Gasteiger partial charge in [0.15, 0.2) is 0 Å². The molecule has 0 saturated heterocycles. The highest BCUT2D eigenvalue weighted by atomic mass is 15.1. The van der Waals surface area contributed by atoms with Crippen molar-refractivity contribution >= 4 is 0 Å². The van der Waals surface area contributed by atoms with Gasteiger partial charge in [-0.2, -0.15) is 0 Å². The number of nitrogens with zero attached hydrogens (tertiary/aromatic N) is 2. The average molecular weight is 347 g/mol. The Morgan fingerprint density at radius 3 is 2.12 bits per heavy atom. The van der Waals surface area contributed by atoms with Crippen molar-refractivity contribution in [1.29, 1.82) is 0 Å². The first-order valence-electron chi connectivity index (χ1n) is 9.77. The smallest absolute Gasteiger partial charge is 0.144 e. The lowest BCUT2D eigenvalue weighted by Crippen LogP contribution is -2.27. The van der Waals surface area contributed by atoms with Gasteiger partial charge in [0.05, 0.1) is 5.69 Å². The molecule has 0 amide bonds. The summed E-state index contributed by atoms with van der Waals surface area (Å²) in [6.45, 7) is 11.3. The Morgan fingerprint density at radius 1 is 0.885 bits per heavy atom. The van der Waals surface area contributed by atoms with E-state index in [1.54, 1.807) is 0 Å². The summed E-state index contributed by atoms with van der Waals surface area (Å²) >= 11 is 0. The van der Waals surface area contributed by atoms with Crippen LogP contribution in [-0.4, -0.2) is 9.55 Å². The molecule has 0 aliphatic heterocycles. The van der Waals surface area contributed by atoms with E-state index >= 15 is 0 Å².